The Morgan fingerprint density at radius 3 is 2.31 bits per heavy atom. The van der Waals surface area contributed by atoms with Crippen LogP contribution >= 0.6 is 0 Å². The van der Waals surface area contributed by atoms with Crippen molar-refractivity contribution in [3.05, 3.63) is 11.6 Å². The highest BCUT2D eigenvalue weighted by Gasteiger charge is 2.05. The van der Waals surface area contributed by atoms with Crippen LogP contribution in [0.3, 0.4) is 0 Å². The molecule has 0 aliphatic rings. The van der Waals surface area contributed by atoms with Crippen LogP contribution in [0, 0.1) is 0 Å². The summed E-state index contributed by atoms with van der Waals surface area (Å²) in [7, 11) is 0. The zero-order chi connectivity index (χ0) is 10.3. The predicted molar refractivity (Wildman–Crippen MR) is 61.0 cm³/mol. The third-order valence-corrected chi connectivity index (χ3v) is 1.95. The zero-order valence-electron chi connectivity index (χ0n) is 9.85. The third-order valence-electron chi connectivity index (χ3n) is 1.95. The van der Waals surface area contributed by atoms with Crippen LogP contribution < -0.4 is 5.32 Å². The highest BCUT2D eigenvalue weighted by molar-refractivity contribution is 5.01. The number of allylic oxidation sites excluding steroid dienone is 1. The van der Waals surface area contributed by atoms with Crippen LogP contribution in [-0.4, -0.2) is 12.1 Å². The predicted octanol–water partition coefficient (Wildman–Crippen LogP) is 3.51. The first-order valence-corrected chi connectivity index (χ1v) is 5.47. The Balaban J connectivity index is 3.95. The van der Waals surface area contributed by atoms with E-state index in [1.54, 1.807) is 0 Å². The quantitative estimate of drug-likeness (QED) is 0.621. The lowest BCUT2D eigenvalue weighted by atomic mass is 10.1. The SMILES string of the molecule is CCCCC(C=C(C)C)NC(C)C. The molecule has 0 aliphatic heterocycles. The number of nitrogens with one attached hydrogen (secondary N) is 1. The lowest BCUT2D eigenvalue weighted by Gasteiger charge is -2.18. The van der Waals surface area contributed by atoms with Crippen molar-refractivity contribution in [1.29, 1.82) is 0 Å². The summed E-state index contributed by atoms with van der Waals surface area (Å²) in [4.78, 5) is 0. The molecule has 0 fully saturated rings. The normalized spacial score (nSPS) is 13.1. The van der Waals surface area contributed by atoms with Crippen molar-refractivity contribution in [1.82, 2.24) is 5.32 Å². The van der Waals surface area contributed by atoms with Gasteiger partial charge in [0.05, 0.1) is 0 Å². The molecule has 78 valence electrons. The van der Waals surface area contributed by atoms with Gasteiger partial charge in [-0.05, 0) is 20.3 Å². The van der Waals surface area contributed by atoms with Crippen molar-refractivity contribution in [3.8, 4) is 0 Å². The lowest BCUT2D eigenvalue weighted by Crippen LogP contribution is -2.33. The molecule has 0 spiro atoms. The molecule has 0 amide bonds. The number of rotatable bonds is 6. The van der Waals surface area contributed by atoms with Gasteiger partial charge in [-0.15, -0.1) is 0 Å². The van der Waals surface area contributed by atoms with Crippen molar-refractivity contribution < 1.29 is 0 Å². The maximum Gasteiger partial charge on any atom is 0.0254 e. The maximum absolute atomic E-state index is 3.57. The molecule has 0 heterocycles. The van der Waals surface area contributed by atoms with Crippen molar-refractivity contribution in [3.63, 3.8) is 0 Å². The summed E-state index contributed by atoms with van der Waals surface area (Å²) in [5.41, 5.74) is 1.41. The fraction of sp³-hybridized carbons (Fsp3) is 0.833. The highest BCUT2D eigenvalue weighted by atomic mass is 14.9. The Morgan fingerprint density at radius 1 is 1.31 bits per heavy atom. The van der Waals surface area contributed by atoms with E-state index in [1.165, 1.54) is 24.8 Å². The van der Waals surface area contributed by atoms with E-state index < -0.39 is 0 Å². The van der Waals surface area contributed by atoms with Gasteiger partial charge in [-0.3, -0.25) is 0 Å². The molecule has 0 aromatic rings. The van der Waals surface area contributed by atoms with Crippen molar-refractivity contribution in [2.75, 3.05) is 0 Å². The molecule has 0 saturated carbocycles. The van der Waals surface area contributed by atoms with Crippen molar-refractivity contribution in [2.45, 2.75) is 66.0 Å². The standard InChI is InChI=1S/C12H25N/c1-6-7-8-12(9-10(2)3)13-11(4)5/h9,11-13H,6-8H2,1-5H3. The largest absolute Gasteiger partial charge is 0.308 e. The summed E-state index contributed by atoms with van der Waals surface area (Å²) in [5.74, 6) is 0. The fourth-order valence-electron chi connectivity index (χ4n) is 1.47. The minimum atomic E-state index is 0.574. The molecule has 0 radical (unpaired) electrons. The summed E-state index contributed by atoms with van der Waals surface area (Å²) in [6.45, 7) is 11.0. The third kappa shape index (κ3) is 8.04. The average molecular weight is 183 g/mol. The summed E-state index contributed by atoms with van der Waals surface area (Å²) in [6, 6.07) is 1.16. The molecular weight excluding hydrogens is 158 g/mol. The Kier molecular flexibility index (Phi) is 6.97. The topological polar surface area (TPSA) is 12.0 Å². The molecule has 1 heteroatoms. The van der Waals surface area contributed by atoms with Crippen molar-refractivity contribution >= 4 is 0 Å². The van der Waals surface area contributed by atoms with E-state index in [9.17, 15) is 0 Å². The first-order chi connectivity index (χ1) is 6.06. The molecule has 0 rings (SSSR count). The second-order valence-corrected chi connectivity index (χ2v) is 4.31. The second-order valence-electron chi connectivity index (χ2n) is 4.31. The molecule has 0 bridgehead atoms. The first kappa shape index (κ1) is 12.7. The van der Waals surface area contributed by atoms with E-state index in [1.807, 2.05) is 0 Å². The van der Waals surface area contributed by atoms with Gasteiger partial charge in [0.2, 0.25) is 0 Å². The van der Waals surface area contributed by atoms with E-state index in [2.05, 4.69) is 46.0 Å². The van der Waals surface area contributed by atoms with E-state index in [-0.39, 0.29) is 0 Å². The van der Waals surface area contributed by atoms with Gasteiger partial charge >= 0.3 is 0 Å². The lowest BCUT2D eigenvalue weighted by molar-refractivity contribution is 0.483. The molecule has 0 saturated heterocycles. The number of unbranched alkanes of at least 4 members (excludes halogenated alkanes) is 1. The monoisotopic (exact) mass is 183 g/mol. The molecule has 1 atom stereocenters. The van der Waals surface area contributed by atoms with Gasteiger partial charge in [0.1, 0.15) is 0 Å². The van der Waals surface area contributed by atoms with Gasteiger partial charge in [0, 0.05) is 12.1 Å². The highest BCUT2D eigenvalue weighted by Crippen LogP contribution is 2.05. The van der Waals surface area contributed by atoms with Gasteiger partial charge in [-0.1, -0.05) is 45.3 Å². The molecule has 1 nitrogen and oxygen atoms in total. The molecule has 0 aromatic heterocycles. The Labute approximate surface area is 83.6 Å². The Hall–Kier alpha value is -0.300. The maximum atomic E-state index is 3.57. The molecule has 1 unspecified atom stereocenters. The van der Waals surface area contributed by atoms with E-state index in [4.69, 9.17) is 0 Å². The zero-order valence-corrected chi connectivity index (χ0v) is 9.85. The second kappa shape index (κ2) is 7.14. The van der Waals surface area contributed by atoms with Crippen molar-refractivity contribution in [2.24, 2.45) is 0 Å². The summed E-state index contributed by atoms with van der Waals surface area (Å²) in [6.07, 6.45) is 6.20. The van der Waals surface area contributed by atoms with E-state index >= 15 is 0 Å². The van der Waals surface area contributed by atoms with Gasteiger partial charge in [-0.25, -0.2) is 0 Å². The van der Waals surface area contributed by atoms with Crippen LogP contribution in [0.5, 0.6) is 0 Å². The number of hydrogen-bond donors (Lipinski definition) is 1. The summed E-state index contributed by atoms with van der Waals surface area (Å²) in [5, 5.41) is 3.57. The van der Waals surface area contributed by atoms with E-state index in [0.717, 1.165) is 0 Å². The summed E-state index contributed by atoms with van der Waals surface area (Å²) >= 11 is 0. The van der Waals surface area contributed by atoms with Crippen LogP contribution in [0.25, 0.3) is 0 Å². The van der Waals surface area contributed by atoms with Gasteiger partial charge in [0.25, 0.3) is 0 Å². The van der Waals surface area contributed by atoms with Crippen LogP contribution in [0.15, 0.2) is 11.6 Å². The average Bonchev–Trinajstić information content (AvgIpc) is 1.98. The molecule has 13 heavy (non-hydrogen) atoms. The molecular formula is C12H25N. The Bertz CT molecular complexity index is 143. The van der Waals surface area contributed by atoms with Gasteiger partial charge in [-0.2, -0.15) is 0 Å². The number of hydrogen-bond acceptors (Lipinski definition) is 1. The van der Waals surface area contributed by atoms with Crippen LogP contribution in [-0.2, 0) is 0 Å². The fourth-order valence-corrected chi connectivity index (χ4v) is 1.47. The Morgan fingerprint density at radius 2 is 1.92 bits per heavy atom. The van der Waals surface area contributed by atoms with Crippen LogP contribution in [0.4, 0.5) is 0 Å². The van der Waals surface area contributed by atoms with Gasteiger partial charge < -0.3 is 5.32 Å². The molecule has 1 N–H and O–H groups in total. The minimum absolute atomic E-state index is 0.574. The smallest absolute Gasteiger partial charge is 0.0254 e. The minimum Gasteiger partial charge on any atom is -0.308 e. The molecule has 0 aliphatic carbocycles. The molecule has 0 aromatic carbocycles. The first-order valence-electron chi connectivity index (χ1n) is 5.47. The van der Waals surface area contributed by atoms with Crippen LogP contribution in [0.2, 0.25) is 0 Å². The summed E-state index contributed by atoms with van der Waals surface area (Å²) < 4.78 is 0. The van der Waals surface area contributed by atoms with Gasteiger partial charge in [0.15, 0.2) is 0 Å². The van der Waals surface area contributed by atoms with E-state index in [0.29, 0.717) is 12.1 Å². The van der Waals surface area contributed by atoms with Crippen LogP contribution in [0.1, 0.15) is 53.9 Å².